The molecule has 2 fully saturated rings. The molecule has 1 aliphatic carbocycles. The number of rotatable bonds is 6. The number of phenols is 1. The van der Waals surface area contributed by atoms with Gasteiger partial charge in [-0.3, -0.25) is 9.59 Å². The summed E-state index contributed by atoms with van der Waals surface area (Å²) in [5.74, 6) is -2.70. The lowest BCUT2D eigenvalue weighted by Crippen LogP contribution is -2.38. The fraction of sp³-hybridized carbons (Fsp3) is 0.345. The summed E-state index contributed by atoms with van der Waals surface area (Å²) in [4.78, 5) is 38.7. The number of imide groups is 3. The molecule has 0 radical (unpaired) electrons. The Morgan fingerprint density at radius 2 is 1.89 bits per heavy atom. The molecule has 0 bridgehead atoms. The molecular weight excluding hydrogens is 474 g/mol. The molecule has 0 unspecified atom stereocenters. The van der Waals surface area contributed by atoms with E-state index in [-0.39, 0.29) is 37.4 Å². The molecule has 192 valence electrons. The van der Waals surface area contributed by atoms with E-state index in [1.54, 1.807) is 18.2 Å². The molecule has 2 heterocycles. The number of hydrogen-bond donors (Lipinski definition) is 2. The van der Waals surface area contributed by atoms with Crippen molar-refractivity contribution in [3.63, 3.8) is 0 Å². The molecular formula is C29H29NO7. The number of carbonyl (C=O) groups excluding carboxylic acids is 3. The lowest BCUT2D eigenvalue weighted by Gasteiger charge is -2.31. The second kappa shape index (κ2) is 10.3. The number of ether oxygens (including phenoxy) is 2. The fourth-order valence-corrected chi connectivity index (χ4v) is 5.94. The van der Waals surface area contributed by atoms with Gasteiger partial charge in [0.2, 0.25) is 11.8 Å². The maximum Gasteiger partial charge on any atom is 0.423 e. The number of phenolic OH excluding ortho intramolecular Hbond substituents is 1. The minimum absolute atomic E-state index is 0.189. The summed E-state index contributed by atoms with van der Waals surface area (Å²) >= 11 is 0. The van der Waals surface area contributed by atoms with E-state index in [4.69, 9.17) is 4.74 Å². The number of likely N-dealkylation sites (tertiary alicyclic amines) is 1. The maximum absolute atomic E-state index is 13.1. The Morgan fingerprint density at radius 3 is 2.59 bits per heavy atom. The van der Waals surface area contributed by atoms with Crippen LogP contribution in [0.4, 0.5) is 4.79 Å². The number of nitrogens with zero attached hydrogens (tertiary/aromatic N) is 1. The van der Waals surface area contributed by atoms with Crippen LogP contribution >= 0.6 is 0 Å². The molecule has 4 atom stereocenters. The summed E-state index contributed by atoms with van der Waals surface area (Å²) in [6.45, 7) is 0.00885. The topological polar surface area (TPSA) is 113 Å². The largest absolute Gasteiger partial charge is 0.508 e. The van der Waals surface area contributed by atoms with Gasteiger partial charge in [0.05, 0.1) is 38.3 Å². The number of amides is 3. The predicted octanol–water partition coefficient (Wildman–Crippen LogP) is 3.79. The predicted molar refractivity (Wildman–Crippen MR) is 135 cm³/mol. The number of aliphatic hydroxyl groups excluding tert-OH is 1. The minimum atomic E-state index is -0.975. The fourth-order valence-electron chi connectivity index (χ4n) is 5.94. The van der Waals surface area contributed by atoms with Gasteiger partial charge in [0, 0.05) is 5.92 Å². The summed E-state index contributed by atoms with van der Waals surface area (Å²) in [5.41, 5.74) is 4.56. The van der Waals surface area contributed by atoms with Crippen LogP contribution in [0.1, 0.15) is 30.4 Å². The van der Waals surface area contributed by atoms with Gasteiger partial charge < -0.3 is 19.7 Å². The van der Waals surface area contributed by atoms with Crippen molar-refractivity contribution in [3.8, 4) is 5.75 Å². The van der Waals surface area contributed by atoms with E-state index in [0.29, 0.717) is 23.3 Å². The number of fused-ring (bicyclic) bond motifs is 3. The van der Waals surface area contributed by atoms with E-state index < -0.39 is 29.7 Å². The monoisotopic (exact) mass is 503 g/mol. The summed E-state index contributed by atoms with van der Waals surface area (Å²) in [7, 11) is 1.14. The Balaban J connectivity index is 1.41. The van der Waals surface area contributed by atoms with Crippen molar-refractivity contribution < 1.29 is 34.1 Å². The quantitative estimate of drug-likeness (QED) is 0.350. The van der Waals surface area contributed by atoms with E-state index in [1.807, 2.05) is 42.5 Å². The van der Waals surface area contributed by atoms with Crippen LogP contribution in [-0.2, 0) is 19.1 Å². The van der Waals surface area contributed by atoms with Crippen LogP contribution in [0, 0.1) is 17.8 Å². The van der Waals surface area contributed by atoms with E-state index in [0.717, 1.165) is 29.4 Å². The molecule has 3 aliphatic rings. The van der Waals surface area contributed by atoms with Gasteiger partial charge in [0.15, 0.2) is 0 Å². The van der Waals surface area contributed by atoms with Gasteiger partial charge >= 0.3 is 6.09 Å². The Hall–Kier alpha value is -3.75. The summed E-state index contributed by atoms with van der Waals surface area (Å²) in [5, 5.41) is 20.1. The van der Waals surface area contributed by atoms with Crippen molar-refractivity contribution in [1.82, 2.24) is 4.90 Å². The molecule has 8 heteroatoms. The van der Waals surface area contributed by atoms with Gasteiger partial charge in [-0.1, -0.05) is 48.5 Å². The van der Waals surface area contributed by atoms with Crippen molar-refractivity contribution in [1.29, 1.82) is 0 Å². The first-order valence-corrected chi connectivity index (χ1v) is 12.4. The Morgan fingerprint density at radius 1 is 1.11 bits per heavy atom. The van der Waals surface area contributed by atoms with Gasteiger partial charge in [-0.05, 0) is 59.2 Å². The molecule has 5 rings (SSSR count). The summed E-state index contributed by atoms with van der Waals surface area (Å²) in [6, 6.07) is 17.0. The van der Waals surface area contributed by atoms with Gasteiger partial charge in [-0.2, -0.15) is 4.90 Å². The summed E-state index contributed by atoms with van der Waals surface area (Å²) in [6.07, 6.45) is 2.21. The number of benzene rings is 2. The number of hydrogen-bond acceptors (Lipinski definition) is 7. The van der Waals surface area contributed by atoms with Crippen LogP contribution in [0.2, 0.25) is 0 Å². The van der Waals surface area contributed by atoms with E-state index in [2.05, 4.69) is 4.74 Å². The number of methoxy groups -OCH3 is 1. The third kappa shape index (κ3) is 4.58. The number of allylic oxidation sites excluding steroid dienone is 1. The van der Waals surface area contributed by atoms with Crippen LogP contribution in [0.25, 0.3) is 11.6 Å². The molecule has 2 aliphatic heterocycles. The SMILES string of the molecule is COC(=O)N1C(=O)[C@@H]2[C@@H](CC(CO)=C3[C@@H](CC/C(=C/c4cccc(O)c4)c4ccccc4)OC[C@@H]32)C1=O. The van der Waals surface area contributed by atoms with Crippen molar-refractivity contribution in [2.24, 2.45) is 17.8 Å². The highest BCUT2D eigenvalue weighted by atomic mass is 16.5. The van der Waals surface area contributed by atoms with E-state index in [9.17, 15) is 24.6 Å². The molecule has 2 saturated heterocycles. The molecule has 0 saturated carbocycles. The lowest BCUT2D eigenvalue weighted by molar-refractivity contribution is -0.137. The van der Waals surface area contributed by atoms with Gasteiger partial charge in [0.1, 0.15) is 5.75 Å². The summed E-state index contributed by atoms with van der Waals surface area (Å²) < 4.78 is 10.8. The Labute approximate surface area is 214 Å². The van der Waals surface area contributed by atoms with Crippen LogP contribution in [0.3, 0.4) is 0 Å². The van der Waals surface area contributed by atoms with E-state index in [1.165, 1.54) is 0 Å². The van der Waals surface area contributed by atoms with Gasteiger partial charge in [0.25, 0.3) is 0 Å². The molecule has 0 aromatic heterocycles. The first-order chi connectivity index (χ1) is 17.9. The normalized spacial score (nSPS) is 25.4. The first-order valence-electron chi connectivity index (χ1n) is 12.4. The number of aromatic hydroxyl groups is 1. The standard InChI is InChI=1S/C29H29NO7/c1-36-29(35)30-27(33)22-14-20(15-31)25-23(26(22)28(30)34)16-37-24(25)11-10-19(18-7-3-2-4-8-18)12-17-6-5-9-21(32)13-17/h2-9,12-13,22-24,26,31-32H,10-11,14-16H2,1H3/b19-12-/t22-,23+,24-,26-/m1/s1. The molecule has 2 N–H and O–H groups in total. The van der Waals surface area contributed by atoms with Crippen molar-refractivity contribution in [3.05, 3.63) is 76.9 Å². The van der Waals surface area contributed by atoms with Crippen LogP contribution in [-0.4, -0.2) is 59.4 Å². The minimum Gasteiger partial charge on any atom is -0.508 e. The van der Waals surface area contributed by atoms with Crippen LogP contribution < -0.4 is 0 Å². The average Bonchev–Trinajstić information content (AvgIpc) is 3.44. The van der Waals surface area contributed by atoms with E-state index >= 15 is 0 Å². The highest BCUT2D eigenvalue weighted by Gasteiger charge is 2.58. The number of aliphatic hydroxyl groups is 1. The first kappa shape index (κ1) is 24.9. The lowest BCUT2D eigenvalue weighted by atomic mass is 9.69. The molecule has 8 nitrogen and oxygen atoms in total. The third-order valence-electron chi connectivity index (χ3n) is 7.59. The van der Waals surface area contributed by atoms with Crippen LogP contribution in [0.5, 0.6) is 5.75 Å². The number of carbonyl (C=O) groups is 3. The molecule has 2 aromatic carbocycles. The van der Waals surface area contributed by atoms with Crippen molar-refractivity contribution in [2.75, 3.05) is 20.3 Å². The second-order valence-electron chi connectivity index (χ2n) is 9.63. The highest BCUT2D eigenvalue weighted by molar-refractivity contribution is 6.16. The van der Waals surface area contributed by atoms with Gasteiger partial charge in [-0.15, -0.1) is 0 Å². The smallest absolute Gasteiger partial charge is 0.423 e. The highest BCUT2D eigenvalue weighted by Crippen LogP contribution is 2.50. The molecule has 2 aromatic rings. The zero-order valence-corrected chi connectivity index (χ0v) is 20.5. The molecule has 37 heavy (non-hydrogen) atoms. The second-order valence-corrected chi connectivity index (χ2v) is 9.63. The average molecular weight is 504 g/mol. The Bertz CT molecular complexity index is 1280. The van der Waals surface area contributed by atoms with Crippen LogP contribution in [0.15, 0.2) is 65.7 Å². The van der Waals surface area contributed by atoms with Gasteiger partial charge in [-0.25, -0.2) is 4.79 Å². The zero-order valence-electron chi connectivity index (χ0n) is 20.5. The molecule has 0 spiro atoms. The van der Waals surface area contributed by atoms with Crippen molar-refractivity contribution in [2.45, 2.75) is 25.4 Å². The third-order valence-corrected chi connectivity index (χ3v) is 7.59. The Kier molecular flexibility index (Phi) is 6.95. The van der Waals surface area contributed by atoms with Crippen molar-refractivity contribution >= 4 is 29.6 Å². The zero-order chi connectivity index (χ0) is 26.1. The maximum atomic E-state index is 13.1. The molecule has 3 amide bonds.